The van der Waals surface area contributed by atoms with Gasteiger partial charge >= 0.3 is 43.7 Å². The van der Waals surface area contributed by atoms with E-state index in [1.165, 1.54) is 6.92 Å². The van der Waals surface area contributed by atoms with Gasteiger partial charge < -0.3 is 81.1 Å². The standard InChI is InChI=1S/2C6H12O7.C3H6O3.Ca/c2*7-1-2(8)3(9)4(10)5(11)6(12)13;1-2(4)3(5)6;/h2*2-5,7-11H,1H2,(H,12,13);2,4H,1H3,(H,5,6);/q;;;+2/p-2. The van der Waals surface area contributed by atoms with Crippen molar-refractivity contribution < 1.29 is 85.9 Å². The summed E-state index contributed by atoms with van der Waals surface area (Å²) in [5.41, 5.74) is 0. The molecule has 0 bridgehead atoms. The number of rotatable bonds is 11. The molecule has 0 fully saturated rings. The second-order valence-corrected chi connectivity index (χ2v) is 6.00. The topological polar surface area (TPSA) is 340 Å². The van der Waals surface area contributed by atoms with Crippen molar-refractivity contribution in [3.63, 3.8) is 0 Å². The average molecular weight is 520 g/mol. The summed E-state index contributed by atoms with van der Waals surface area (Å²) in [5.74, 6) is -5.14. The Morgan fingerprint density at radius 1 is 0.636 bits per heavy atom. The number of carboxylic acids is 3. The Morgan fingerprint density at radius 3 is 0.970 bits per heavy atom. The molecule has 0 aromatic heterocycles. The largest absolute Gasteiger partial charge is 2.00 e. The zero-order valence-electron chi connectivity index (χ0n) is 17.2. The molecule has 0 amide bonds. The van der Waals surface area contributed by atoms with Gasteiger partial charge in [-0.2, -0.15) is 0 Å². The minimum atomic E-state index is -2.31. The normalized spacial score (nSPS) is 18.5. The van der Waals surface area contributed by atoms with Crippen LogP contribution in [0, 0.1) is 0 Å². The van der Waals surface area contributed by atoms with E-state index >= 15 is 0 Å². The average Bonchev–Trinajstić information content (AvgIpc) is 2.75. The van der Waals surface area contributed by atoms with E-state index in [0.717, 1.165) is 0 Å². The number of carbonyl (C=O) groups excluding carboxylic acids is 2. The second kappa shape index (κ2) is 20.6. The molecule has 192 valence electrons. The number of aliphatic carboxylic acids is 3. The molecule has 0 aromatic rings. The molecule has 0 saturated carbocycles. The molecule has 0 spiro atoms. The van der Waals surface area contributed by atoms with Crippen LogP contribution in [0.25, 0.3) is 0 Å². The monoisotopic (exact) mass is 520 g/mol. The first-order valence-corrected chi connectivity index (χ1v) is 8.46. The molecule has 0 aliphatic rings. The van der Waals surface area contributed by atoms with Crippen LogP contribution in [0.5, 0.6) is 0 Å². The van der Waals surface area contributed by atoms with Crippen LogP contribution in [0.4, 0.5) is 0 Å². The third-order valence-electron chi connectivity index (χ3n) is 3.35. The number of aliphatic hydroxyl groups is 11. The van der Waals surface area contributed by atoms with E-state index < -0.39 is 86.1 Å². The van der Waals surface area contributed by atoms with E-state index in [4.69, 9.17) is 61.3 Å². The molecule has 0 radical (unpaired) electrons. The minimum absolute atomic E-state index is 0. The molecule has 9 atom stereocenters. The van der Waals surface area contributed by atoms with Crippen molar-refractivity contribution in [3.8, 4) is 0 Å². The summed E-state index contributed by atoms with van der Waals surface area (Å²) < 4.78 is 0. The van der Waals surface area contributed by atoms with Crippen molar-refractivity contribution >= 4 is 55.6 Å². The number of carbonyl (C=O) groups is 3. The van der Waals surface area contributed by atoms with Gasteiger partial charge in [-0.3, -0.25) is 0 Å². The summed E-state index contributed by atoms with van der Waals surface area (Å²) in [5, 5.41) is 123. The zero-order valence-corrected chi connectivity index (χ0v) is 19.4. The Labute approximate surface area is 216 Å². The first kappa shape index (κ1) is 39.4. The molecule has 17 nitrogen and oxygen atoms in total. The van der Waals surface area contributed by atoms with Gasteiger partial charge in [-0.15, -0.1) is 0 Å². The minimum Gasteiger partial charge on any atom is -0.547 e. The Hall–Kier alpha value is -0.770. The van der Waals surface area contributed by atoms with Crippen LogP contribution < -0.4 is 10.2 Å². The van der Waals surface area contributed by atoms with Gasteiger partial charge in [0.25, 0.3) is 0 Å². The second-order valence-electron chi connectivity index (χ2n) is 6.00. The van der Waals surface area contributed by atoms with Crippen molar-refractivity contribution in [1.29, 1.82) is 0 Å². The van der Waals surface area contributed by atoms with Crippen LogP contribution >= 0.6 is 0 Å². The fraction of sp³-hybridized carbons (Fsp3) is 0.800. The predicted octanol–water partition coefficient (Wildman–Crippen LogP) is -10.6. The van der Waals surface area contributed by atoms with E-state index in [-0.39, 0.29) is 37.7 Å². The quantitative estimate of drug-likeness (QED) is 0.112. The molecule has 9 unspecified atom stereocenters. The molecule has 0 aliphatic carbocycles. The summed E-state index contributed by atoms with van der Waals surface area (Å²) in [6, 6.07) is 0. The van der Waals surface area contributed by atoms with Crippen molar-refractivity contribution in [2.75, 3.05) is 13.2 Å². The van der Waals surface area contributed by atoms with Gasteiger partial charge in [0.15, 0.2) is 0 Å². The van der Waals surface area contributed by atoms with E-state index in [2.05, 4.69) is 0 Å². The molecule has 12 N–H and O–H groups in total. The van der Waals surface area contributed by atoms with Crippen LogP contribution in [0.2, 0.25) is 0 Å². The van der Waals surface area contributed by atoms with Gasteiger partial charge in [0.1, 0.15) is 54.9 Å². The van der Waals surface area contributed by atoms with Gasteiger partial charge in [0.05, 0.1) is 25.2 Å². The van der Waals surface area contributed by atoms with Crippen molar-refractivity contribution in [2.45, 2.75) is 61.9 Å². The Morgan fingerprint density at radius 2 is 0.848 bits per heavy atom. The maximum Gasteiger partial charge on any atom is 2.00 e. The molecule has 0 aliphatic heterocycles. The smallest absolute Gasteiger partial charge is 0.547 e. The molecule has 33 heavy (non-hydrogen) atoms. The zero-order chi connectivity index (χ0) is 26.3. The third-order valence-corrected chi connectivity index (χ3v) is 3.35. The fourth-order valence-electron chi connectivity index (χ4n) is 1.32. The Kier molecular flexibility index (Phi) is 24.6. The third kappa shape index (κ3) is 17.3. The van der Waals surface area contributed by atoms with Crippen LogP contribution in [0.1, 0.15) is 6.92 Å². The summed E-state index contributed by atoms with van der Waals surface area (Å²) >= 11 is 0. The van der Waals surface area contributed by atoms with Crippen molar-refractivity contribution in [2.24, 2.45) is 0 Å². The van der Waals surface area contributed by atoms with Gasteiger partial charge in [-0.1, -0.05) is 0 Å². The van der Waals surface area contributed by atoms with Crippen molar-refractivity contribution in [1.82, 2.24) is 0 Å². The molecule has 0 rings (SSSR count). The van der Waals surface area contributed by atoms with Crippen LogP contribution in [-0.2, 0) is 14.4 Å². The number of carboxylic acid groups (broad SMARTS) is 3. The molecule has 0 saturated heterocycles. The van der Waals surface area contributed by atoms with E-state index in [9.17, 15) is 24.6 Å². The van der Waals surface area contributed by atoms with Gasteiger partial charge in [0.2, 0.25) is 0 Å². The van der Waals surface area contributed by atoms with E-state index in [1.807, 2.05) is 0 Å². The fourth-order valence-corrected chi connectivity index (χ4v) is 1.32. The summed E-state index contributed by atoms with van der Waals surface area (Å²) in [6.45, 7) is -0.529. The number of hydrogen-bond donors (Lipinski definition) is 12. The van der Waals surface area contributed by atoms with Gasteiger partial charge in [-0.05, 0) is 6.92 Å². The van der Waals surface area contributed by atoms with Crippen LogP contribution in [0.3, 0.4) is 0 Å². The first-order chi connectivity index (χ1) is 14.5. The summed E-state index contributed by atoms with van der Waals surface area (Å²) in [7, 11) is 0. The van der Waals surface area contributed by atoms with Crippen molar-refractivity contribution in [3.05, 3.63) is 0 Å². The van der Waals surface area contributed by atoms with Gasteiger partial charge in [-0.25, -0.2) is 4.79 Å². The first-order valence-electron chi connectivity index (χ1n) is 8.46. The number of hydrogen-bond acceptors (Lipinski definition) is 16. The summed E-state index contributed by atoms with van der Waals surface area (Å²) in [4.78, 5) is 29.4. The maximum atomic E-state index is 9.98. The van der Waals surface area contributed by atoms with E-state index in [1.54, 1.807) is 0 Å². The molecular formula is C15H28CaO17. The van der Waals surface area contributed by atoms with Crippen LogP contribution in [-0.4, -0.2) is 185 Å². The molecule has 18 heteroatoms. The van der Waals surface area contributed by atoms with Crippen LogP contribution in [0.15, 0.2) is 0 Å². The predicted molar refractivity (Wildman–Crippen MR) is 97.3 cm³/mol. The molecular weight excluding hydrogens is 492 g/mol. The Bertz CT molecular complexity index is 509. The SMILES string of the molecule is CC(O)C(=O)O.O=C([O-])C(O)C(O)C(O)C(O)CO.O=C([O-])C(O)C(O)C(O)C(O)CO.[Ca+2]. The van der Waals surface area contributed by atoms with E-state index in [0.29, 0.717) is 0 Å². The Balaban J connectivity index is -0.000000201. The summed E-state index contributed by atoms with van der Waals surface area (Å²) in [6.07, 6.45) is -17.4. The maximum absolute atomic E-state index is 9.98. The van der Waals surface area contributed by atoms with Gasteiger partial charge in [0, 0.05) is 0 Å². The molecule has 0 aromatic carbocycles. The number of aliphatic hydroxyl groups excluding tert-OH is 11. The molecule has 0 heterocycles.